The second kappa shape index (κ2) is 6.03. The Kier molecular flexibility index (Phi) is 4.35. The Morgan fingerprint density at radius 1 is 1.38 bits per heavy atom. The van der Waals surface area contributed by atoms with Crippen LogP contribution in [0.3, 0.4) is 0 Å². The van der Waals surface area contributed by atoms with Gasteiger partial charge in [-0.25, -0.2) is 4.39 Å². The zero-order valence-corrected chi connectivity index (χ0v) is 12.2. The van der Waals surface area contributed by atoms with Crippen LogP contribution in [0.25, 0.3) is 0 Å². The fourth-order valence-corrected chi connectivity index (χ4v) is 2.18. The molecule has 0 aliphatic heterocycles. The summed E-state index contributed by atoms with van der Waals surface area (Å²) in [5.74, 6) is -1.55. The molecule has 1 aromatic heterocycles. The number of carbonyl (C=O) groups excluding carboxylic acids is 1. The normalized spacial score (nSPS) is 11.0. The molecule has 1 heterocycles. The molecule has 0 saturated carbocycles. The van der Waals surface area contributed by atoms with Crippen molar-refractivity contribution in [3.05, 3.63) is 52.9 Å². The fourth-order valence-electron chi connectivity index (χ4n) is 2.18. The SMILES string of the molecule is CC(C)c1ccc(F)cc1CNC(=O)c1cn(C)nc1F. The molecule has 0 unspecified atom stereocenters. The van der Waals surface area contributed by atoms with Gasteiger partial charge in [0.15, 0.2) is 0 Å². The molecule has 0 radical (unpaired) electrons. The van der Waals surface area contributed by atoms with Crippen LogP contribution in [0.1, 0.15) is 41.3 Å². The molecule has 1 N–H and O–H groups in total. The molecular formula is C15H17F2N3O. The third-order valence-corrected chi connectivity index (χ3v) is 3.19. The minimum Gasteiger partial charge on any atom is -0.348 e. The van der Waals surface area contributed by atoms with E-state index in [9.17, 15) is 13.6 Å². The van der Waals surface area contributed by atoms with E-state index in [1.807, 2.05) is 13.8 Å². The van der Waals surface area contributed by atoms with Crippen LogP contribution >= 0.6 is 0 Å². The summed E-state index contributed by atoms with van der Waals surface area (Å²) in [6.45, 7) is 4.11. The molecule has 2 aromatic rings. The molecule has 0 aliphatic rings. The highest BCUT2D eigenvalue weighted by Crippen LogP contribution is 2.20. The standard InChI is InChI=1S/C15H17F2N3O/c1-9(2)12-5-4-11(16)6-10(12)7-18-15(21)13-8-20(3)19-14(13)17/h4-6,8-9H,7H2,1-3H3,(H,18,21). The summed E-state index contributed by atoms with van der Waals surface area (Å²) in [6.07, 6.45) is 1.31. The zero-order chi connectivity index (χ0) is 15.6. The number of aryl methyl sites for hydroxylation is 1. The molecule has 0 spiro atoms. The first kappa shape index (κ1) is 15.2. The van der Waals surface area contributed by atoms with Crippen LogP contribution in [0.5, 0.6) is 0 Å². The van der Waals surface area contributed by atoms with Crippen molar-refractivity contribution in [2.75, 3.05) is 0 Å². The third kappa shape index (κ3) is 3.45. The fraction of sp³-hybridized carbons (Fsp3) is 0.333. The zero-order valence-electron chi connectivity index (χ0n) is 12.2. The molecule has 1 aromatic carbocycles. The summed E-state index contributed by atoms with van der Waals surface area (Å²) in [5.41, 5.74) is 1.51. The third-order valence-electron chi connectivity index (χ3n) is 3.19. The summed E-state index contributed by atoms with van der Waals surface area (Å²) in [5, 5.41) is 6.07. The minimum atomic E-state index is -0.821. The van der Waals surface area contributed by atoms with Gasteiger partial charge in [-0.15, -0.1) is 5.10 Å². The Morgan fingerprint density at radius 3 is 2.67 bits per heavy atom. The van der Waals surface area contributed by atoms with Crippen LogP contribution in [0.2, 0.25) is 0 Å². The van der Waals surface area contributed by atoms with Crippen molar-refractivity contribution < 1.29 is 13.6 Å². The highest BCUT2D eigenvalue weighted by atomic mass is 19.1. The van der Waals surface area contributed by atoms with Crippen molar-refractivity contribution in [1.29, 1.82) is 0 Å². The second-order valence-electron chi connectivity index (χ2n) is 5.19. The number of halogens is 2. The van der Waals surface area contributed by atoms with Gasteiger partial charge >= 0.3 is 0 Å². The lowest BCUT2D eigenvalue weighted by Crippen LogP contribution is -2.24. The molecule has 112 valence electrons. The van der Waals surface area contributed by atoms with Crippen molar-refractivity contribution in [3.63, 3.8) is 0 Å². The quantitative estimate of drug-likeness (QED) is 0.942. The van der Waals surface area contributed by atoms with Gasteiger partial charge in [-0.05, 0) is 29.2 Å². The van der Waals surface area contributed by atoms with E-state index in [2.05, 4.69) is 10.4 Å². The van der Waals surface area contributed by atoms with Crippen molar-refractivity contribution in [2.45, 2.75) is 26.3 Å². The van der Waals surface area contributed by atoms with Gasteiger partial charge in [0.1, 0.15) is 11.4 Å². The minimum absolute atomic E-state index is 0.125. The molecule has 6 heteroatoms. The Labute approximate surface area is 121 Å². The first-order valence-electron chi connectivity index (χ1n) is 6.64. The molecule has 0 aliphatic carbocycles. The molecule has 21 heavy (non-hydrogen) atoms. The average Bonchev–Trinajstić information content (AvgIpc) is 2.74. The molecule has 4 nitrogen and oxygen atoms in total. The van der Waals surface area contributed by atoms with Crippen molar-refractivity contribution in [1.82, 2.24) is 15.1 Å². The number of benzene rings is 1. The maximum absolute atomic E-state index is 13.4. The van der Waals surface area contributed by atoms with Crippen LogP contribution in [-0.2, 0) is 13.6 Å². The van der Waals surface area contributed by atoms with Gasteiger partial charge in [0.25, 0.3) is 5.91 Å². The monoisotopic (exact) mass is 293 g/mol. The predicted octanol–water partition coefficient (Wildman–Crippen LogP) is 2.75. The number of carbonyl (C=O) groups is 1. The Bertz CT molecular complexity index is 665. The molecule has 0 bridgehead atoms. The number of nitrogens with zero attached hydrogens (tertiary/aromatic N) is 2. The molecule has 0 saturated heterocycles. The number of rotatable bonds is 4. The molecule has 2 rings (SSSR count). The summed E-state index contributed by atoms with van der Waals surface area (Å²) in [4.78, 5) is 11.9. The van der Waals surface area contributed by atoms with Gasteiger partial charge in [-0.3, -0.25) is 9.48 Å². The van der Waals surface area contributed by atoms with Gasteiger partial charge in [-0.1, -0.05) is 19.9 Å². The number of hydrogen-bond acceptors (Lipinski definition) is 2. The Morgan fingerprint density at radius 2 is 2.10 bits per heavy atom. The van der Waals surface area contributed by atoms with Gasteiger partial charge in [0.05, 0.1) is 0 Å². The van der Waals surface area contributed by atoms with E-state index >= 15 is 0 Å². The smallest absolute Gasteiger partial charge is 0.257 e. The molecule has 0 fully saturated rings. The number of nitrogens with one attached hydrogen (secondary N) is 1. The lowest BCUT2D eigenvalue weighted by molar-refractivity contribution is 0.0946. The molecule has 1 amide bonds. The lowest BCUT2D eigenvalue weighted by Gasteiger charge is -2.13. The van der Waals surface area contributed by atoms with Gasteiger partial charge in [0.2, 0.25) is 5.95 Å². The second-order valence-corrected chi connectivity index (χ2v) is 5.19. The lowest BCUT2D eigenvalue weighted by atomic mass is 9.97. The van der Waals surface area contributed by atoms with Gasteiger partial charge < -0.3 is 5.32 Å². The van der Waals surface area contributed by atoms with Crippen LogP contribution in [0.4, 0.5) is 8.78 Å². The van der Waals surface area contributed by atoms with E-state index < -0.39 is 11.9 Å². The Balaban J connectivity index is 2.14. The van der Waals surface area contributed by atoms with E-state index in [4.69, 9.17) is 0 Å². The molecular weight excluding hydrogens is 276 g/mol. The van der Waals surface area contributed by atoms with Crippen molar-refractivity contribution in [3.8, 4) is 0 Å². The first-order valence-corrected chi connectivity index (χ1v) is 6.64. The van der Waals surface area contributed by atoms with Gasteiger partial charge in [-0.2, -0.15) is 4.39 Å². The van der Waals surface area contributed by atoms with E-state index in [0.29, 0.717) is 5.56 Å². The van der Waals surface area contributed by atoms with E-state index in [1.54, 1.807) is 6.07 Å². The topological polar surface area (TPSA) is 46.9 Å². The summed E-state index contributed by atoms with van der Waals surface area (Å²) >= 11 is 0. The van der Waals surface area contributed by atoms with Crippen LogP contribution in [0, 0.1) is 11.8 Å². The van der Waals surface area contributed by atoms with Gasteiger partial charge in [0, 0.05) is 19.8 Å². The average molecular weight is 293 g/mol. The maximum Gasteiger partial charge on any atom is 0.257 e. The van der Waals surface area contributed by atoms with E-state index in [0.717, 1.165) is 5.56 Å². The summed E-state index contributed by atoms with van der Waals surface area (Å²) in [6, 6.07) is 4.47. The summed E-state index contributed by atoms with van der Waals surface area (Å²) < 4.78 is 28.0. The highest BCUT2D eigenvalue weighted by Gasteiger charge is 2.16. The predicted molar refractivity (Wildman–Crippen MR) is 74.8 cm³/mol. The first-order chi connectivity index (χ1) is 9.88. The largest absolute Gasteiger partial charge is 0.348 e. The number of hydrogen-bond donors (Lipinski definition) is 1. The van der Waals surface area contributed by atoms with Crippen LogP contribution in [-0.4, -0.2) is 15.7 Å². The summed E-state index contributed by atoms with van der Waals surface area (Å²) in [7, 11) is 1.53. The highest BCUT2D eigenvalue weighted by molar-refractivity contribution is 5.93. The van der Waals surface area contributed by atoms with Crippen LogP contribution < -0.4 is 5.32 Å². The number of aromatic nitrogens is 2. The van der Waals surface area contributed by atoms with Crippen LogP contribution in [0.15, 0.2) is 24.4 Å². The maximum atomic E-state index is 13.4. The van der Waals surface area contributed by atoms with Crippen molar-refractivity contribution in [2.24, 2.45) is 7.05 Å². The van der Waals surface area contributed by atoms with E-state index in [1.165, 1.54) is 30.1 Å². The number of amides is 1. The van der Waals surface area contributed by atoms with E-state index in [-0.39, 0.29) is 23.8 Å². The Hall–Kier alpha value is -2.24. The van der Waals surface area contributed by atoms with Crippen molar-refractivity contribution >= 4 is 5.91 Å². The molecule has 0 atom stereocenters.